The van der Waals surface area contributed by atoms with E-state index in [2.05, 4.69) is 10.6 Å². The first-order chi connectivity index (χ1) is 12.1. The summed E-state index contributed by atoms with van der Waals surface area (Å²) in [6.45, 7) is 4.56. The van der Waals surface area contributed by atoms with Crippen LogP contribution < -0.4 is 10.6 Å². The summed E-state index contributed by atoms with van der Waals surface area (Å²) in [5, 5.41) is 5.42. The number of nitrogens with one attached hydrogen (secondary N) is 2. The Morgan fingerprint density at radius 3 is 2.24 bits per heavy atom. The first-order valence-corrected chi connectivity index (χ1v) is 8.75. The molecule has 136 valence electrons. The molecule has 0 saturated carbocycles. The fourth-order valence-electron chi connectivity index (χ4n) is 2.73. The normalized spacial score (nSPS) is 14.1. The van der Waals surface area contributed by atoms with E-state index in [9.17, 15) is 14.4 Å². The summed E-state index contributed by atoms with van der Waals surface area (Å²) in [7, 11) is 0. The number of amides is 4. The lowest BCUT2D eigenvalue weighted by Crippen LogP contribution is -2.55. The molecule has 7 nitrogen and oxygen atoms in total. The second-order valence-electron chi connectivity index (χ2n) is 5.96. The highest BCUT2D eigenvalue weighted by Crippen LogP contribution is 2.04. The van der Waals surface area contributed by atoms with Gasteiger partial charge in [0, 0.05) is 39.3 Å². The maximum Gasteiger partial charge on any atom is 0.317 e. The molecule has 0 spiro atoms. The molecule has 2 rings (SSSR count). The molecule has 1 aromatic carbocycles. The van der Waals surface area contributed by atoms with Gasteiger partial charge in [0.25, 0.3) is 0 Å². The van der Waals surface area contributed by atoms with Gasteiger partial charge in [0.1, 0.15) is 0 Å². The summed E-state index contributed by atoms with van der Waals surface area (Å²) in [6, 6.07) is 9.90. The van der Waals surface area contributed by atoms with E-state index in [1.807, 2.05) is 37.3 Å². The Bertz CT molecular complexity index is 583. The molecule has 0 unspecified atom stereocenters. The van der Waals surface area contributed by atoms with Crippen LogP contribution in [0.25, 0.3) is 0 Å². The maximum absolute atomic E-state index is 12.2. The molecule has 1 aromatic rings. The number of hydrogen-bond donors (Lipinski definition) is 2. The highest BCUT2D eigenvalue weighted by molar-refractivity contribution is 6.35. The molecule has 0 atom stereocenters. The molecule has 0 aromatic heterocycles. The highest BCUT2D eigenvalue weighted by Gasteiger charge is 2.27. The summed E-state index contributed by atoms with van der Waals surface area (Å²) >= 11 is 0. The molecule has 7 heteroatoms. The number of nitrogens with zero attached hydrogens (tertiary/aromatic N) is 2. The lowest BCUT2D eigenvalue weighted by Gasteiger charge is -2.34. The van der Waals surface area contributed by atoms with Gasteiger partial charge in [0.2, 0.25) is 0 Å². The van der Waals surface area contributed by atoms with E-state index < -0.39 is 11.8 Å². The van der Waals surface area contributed by atoms with E-state index in [-0.39, 0.29) is 6.03 Å². The lowest BCUT2D eigenvalue weighted by molar-refractivity contribution is -0.146. The van der Waals surface area contributed by atoms with Gasteiger partial charge in [-0.05, 0) is 25.3 Å². The minimum absolute atomic E-state index is 0.125. The SMILES string of the molecule is CCNC(=O)N1CCN(C(=O)C(=O)NCCCc2ccccc2)CC1. The van der Waals surface area contributed by atoms with Crippen LogP contribution in [0.15, 0.2) is 30.3 Å². The van der Waals surface area contributed by atoms with Crippen molar-refractivity contribution >= 4 is 17.8 Å². The molecule has 25 heavy (non-hydrogen) atoms. The van der Waals surface area contributed by atoms with Crippen LogP contribution in [0.1, 0.15) is 18.9 Å². The average Bonchev–Trinajstić information content (AvgIpc) is 2.65. The van der Waals surface area contributed by atoms with Gasteiger partial charge in [-0.25, -0.2) is 4.79 Å². The van der Waals surface area contributed by atoms with Gasteiger partial charge in [0.15, 0.2) is 0 Å². The van der Waals surface area contributed by atoms with E-state index in [0.29, 0.717) is 39.3 Å². The monoisotopic (exact) mass is 346 g/mol. The van der Waals surface area contributed by atoms with Crippen molar-refractivity contribution in [2.24, 2.45) is 0 Å². The molecular formula is C18H26N4O3. The fraction of sp³-hybridized carbons (Fsp3) is 0.500. The van der Waals surface area contributed by atoms with Crippen LogP contribution in [0.4, 0.5) is 4.79 Å². The smallest absolute Gasteiger partial charge is 0.317 e. The topological polar surface area (TPSA) is 81.8 Å². The van der Waals surface area contributed by atoms with Crippen molar-refractivity contribution in [1.29, 1.82) is 0 Å². The Morgan fingerprint density at radius 2 is 1.60 bits per heavy atom. The first-order valence-electron chi connectivity index (χ1n) is 8.75. The number of hydrogen-bond acceptors (Lipinski definition) is 3. The standard InChI is InChI=1S/C18H26N4O3/c1-2-19-18(25)22-13-11-21(12-14-22)17(24)16(23)20-10-6-9-15-7-4-3-5-8-15/h3-5,7-8H,2,6,9-14H2,1H3,(H,19,25)(H,20,23). The molecule has 2 N–H and O–H groups in total. The van der Waals surface area contributed by atoms with Gasteiger partial charge >= 0.3 is 17.8 Å². The van der Waals surface area contributed by atoms with Crippen LogP contribution in [-0.4, -0.2) is 66.9 Å². The molecule has 4 amide bonds. The van der Waals surface area contributed by atoms with E-state index in [1.165, 1.54) is 10.5 Å². The Hall–Kier alpha value is -2.57. The zero-order valence-corrected chi connectivity index (χ0v) is 14.7. The van der Waals surface area contributed by atoms with Crippen molar-refractivity contribution in [2.75, 3.05) is 39.3 Å². The predicted octanol–water partition coefficient (Wildman–Crippen LogP) is 0.609. The van der Waals surface area contributed by atoms with Crippen LogP contribution in [0, 0.1) is 0 Å². The number of rotatable bonds is 5. The van der Waals surface area contributed by atoms with E-state index in [1.54, 1.807) is 4.90 Å². The van der Waals surface area contributed by atoms with Gasteiger partial charge in [-0.15, -0.1) is 0 Å². The fourth-order valence-corrected chi connectivity index (χ4v) is 2.73. The molecule has 1 heterocycles. The number of urea groups is 1. The molecule has 1 fully saturated rings. The van der Waals surface area contributed by atoms with Crippen LogP contribution in [0.3, 0.4) is 0 Å². The second kappa shape index (κ2) is 9.66. The minimum Gasteiger partial charge on any atom is -0.348 e. The number of carbonyl (C=O) groups is 3. The zero-order chi connectivity index (χ0) is 18.1. The van der Waals surface area contributed by atoms with Crippen molar-refractivity contribution in [2.45, 2.75) is 19.8 Å². The Kier molecular flexibility index (Phi) is 7.25. The lowest BCUT2D eigenvalue weighted by atomic mass is 10.1. The van der Waals surface area contributed by atoms with E-state index in [4.69, 9.17) is 0 Å². The van der Waals surface area contributed by atoms with Gasteiger partial charge < -0.3 is 20.4 Å². The summed E-state index contributed by atoms with van der Waals surface area (Å²) < 4.78 is 0. The quantitative estimate of drug-likeness (QED) is 0.605. The van der Waals surface area contributed by atoms with Crippen molar-refractivity contribution in [3.8, 4) is 0 Å². The molecule has 1 saturated heterocycles. The van der Waals surface area contributed by atoms with E-state index >= 15 is 0 Å². The summed E-state index contributed by atoms with van der Waals surface area (Å²) in [5.74, 6) is -1.09. The molecule has 1 aliphatic rings. The predicted molar refractivity (Wildman–Crippen MR) is 95.0 cm³/mol. The largest absolute Gasteiger partial charge is 0.348 e. The Morgan fingerprint density at radius 1 is 0.960 bits per heavy atom. The van der Waals surface area contributed by atoms with Crippen LogP contribution in [0.5, 0.6) is 0 Å². The number of benzene rings is 1. The molecule has 0 bridgehead atoms. The van der Waals surface area contributed by atoms with Crippen LogP contribution >= 0.6 is 0 Å². The minimum atomic E-state index is -0.570. The Balaban J connectivity index is 1.66. The zero-order valence-electron chi connectivity index (χ0n) is 14.7. The van der Waals surface area contributed by atoms with E-state index in [0.717, 1.165) is 12.8 Å². The summed E-state index contributed by atoms with van der Waals surface area (Å²) in [6.07, 6.45) is 1.65. The molecule has 0 aliphatic carbocycles. The van der Waals surface area contributed by atoms with Gasteiger partial charge in [-0.2, -0.15) is 0 Å². The van der Waals surface area contributed by atoms with Crippen LogP contribution in [0.2, 0.25) is 0 Å². The second-order valence-corrected chi connectivity index (χ2v) is 5.96. The van der Waals surface area contributed by atoms with Crippen molar-refractivity contribution in [3.05, 3.63) is 35.9 Å². The van der Waals surface area contributed by atoms with Crippen molar-refractivity contribution in [3.63, 3.8) is 0 Å². The van der Waals surface area contributed by atoms with Gasteiger partial charge in [0.05, 0.1) is 0 Å². The molecule has 0 radical (unpaired) electrons. The Labute approximate surface area is 148 Å². The third kappa shape index (κ3) is 5.77. The molecule has 1 aliphatic heterocycles. The summed E-state index contributed by atoms with van der Waals surface area (Å²) in [5.41, 5.74) is 1.21. The third-order valence-electron chi connectivity index (χ3n) is 4.15. The first kappa shape index (κ1) is 18.8. The van der Waals surface area contributed by atoms with Crippen molar-refractivity contribution in [1.82, 2.24) is 20.4 Å². The van der Waals surface area contributed by atoms with Gasteiger partial charge in [-0.1, -0.05) is 30.3 Å². The van der Waals surface area contributed by atoms with Crippen molar-refractivity contribution < 1.29 is 14.4 Å². The molecular weight excluding hydrogens is 320 g/mol. The average molecular weight is 346 g/mol. The summed E-state index contributed by atoms with van der Waals surface area (Å²) in [4.78, 5) is 39.0. The number of aryl methyl sites for hydroxylation is 1. The number of carbonyl (C=O) groups excluding carboxylic acids is 3. The third-order valence-corrected chi connectivity index (χ3v) is 4.15. The van der Waals surface area contributed by atoms with Crippen LogP contribution in [-0.2, 0) is 16.0 Å². The highest BCUT2D eigenvalue weighted by atomic mass is 16.2. The van der Waals surface area contributed by atoms with Gasteiger partial charge in [-0.3, -0.25) is 9.59 Å². The number of piperazine rings is 1. The maximum atomic E-state index is 12.2.